The van der Waals surface area contributed by atoms with Gasteiger partial charge in [0, 0.05) is 6.04 Å². The molecule has 0 aromatic heterocycles. The smallest absolute Gasteiger partial charge is 0.344 e. The standard InChI is InChI=1S/C18H23BrFNO4/c1-12(18(23)21-14-6-4-2-3-5-7-14)25-17(22)11-24-16-9-8-13(20)10-15(16)19/h8-10,12,14H,2-7,11H2,1H3,(H,21,23)/t12-/m0/s1. The highest BCUT2D eigenvalue weighted by molar-refractivity contribution is 9.10. The normalized spacial score (nSPS) is 16.6. The minimum atomic E-state index is -0.879. The maximum absolute atomic E-state index is 13.0. The molecule has 1 amide bonds. The summed E-state index contributed by atoms with van der Waals surface area (Å²) in [5.74, 6) is -1.03. The van der Waals surface area contributed by atoms with Crippen LogP contribution in [0.25, 0.3) is 0 Å². The zero-order valence-electron chi connectivity index (χ0n) is 14.2. The molecule has 138 valence electrons. The lowest BCUT2D eigenvalue weighted by molar-refractivity contribution is -0.156. The van der Waals surface area contributed by atoms with Gasteiger partial charge in [-0.2, -0.15) is 0 Å². The van der Waals surface area contributed by atoms with Gasteiger partial charge < -0.3 is 14.8 Å². The summed E-state index contributed by atoms with van der Waals surface area (Å²) >= 11 is 3.15. The van der Waals surface area contributed by atoms with Crippen molar-refractivity contribution in [1.82, 2.24) is 5.32 Å². The minimum Gasteiger partial charge on any atom is -0.481 e. The van der Waals surface area contributed by atoms with Crippen LogP contribution in [0.3, 0.4) is 0 Å². The minimum absolute atomic E-state index is 0.155. The van der Waals surface area contributed by atoms with Crippen molar-refractivity contribution in [3.8, 4) is 5.75 Å². The number of amides is 1. The van der Waals surface area contributed by atoms with E-state index >= 15 is 0 Å². The van der Waals surface area contributed by atoms with Gasteiger partial charge in [-0.05, 0) is 53.9 Å². The van der Waals surface area contributed by atoms with Crippen LogP contribution in [0.1, 0.15) is 45.4 Å². The highest BCUT2D eigenvalue weighted by Crippen LogP contribution is 2.25. The van der Waals surface area contributed by atoms with Crippen molar-refractivity contribution in [2.45, 2.75) is 57.6 Å². The van der Waals surface area contributed by atoms with E-state index in [1.54, 1.807) is 0 Å². The van der Waals surface area contributed by atoms with E-state index < -0.39 is 17.9 Å². The Morgan fingerprint density at radius 3 is 2.60 bits per heavy atom. The summed E-state index contributed by atoms with van der Waals surface area (Å²) in [5, 5.41) is 2.95. The molecule has 1 atom stereocenters. The zero-order chi connectivity index (χ0) is 18.2. The number of rotatable bonds is 6. The quantitative estimate of drug-likeness (QED) is 0.567. The van der Waals surface area contributed by atoms with E-state index in [1.807, 2.05) is 0 Å². The number of esters is 1. The fourth-order valence-corrected chi connectivity index (χ4v) is 3.22. The van der Waals surface area contributed by atoms with Crippen LogP contribution in [-0.2, 0) is 14.3 Å². The molecule has 1 fully saturated rings. The SMILES string of the molecule is C[C@H](OC(=O)COc1ccc(F)cc1Br)C(=O)NC1CCCCCC1. The number of carbonyl (C=O) groups is 2. The molecule has 2 rings (SSSR count). The molecule has 0 aliphatic heterocycles. The molecule has 0 saturated heterocycles. The largest absolute Gasteiger partial charge is 0.481 e. The van der Waals surface area contributed by atoms with Gasteiger partial charge in [0.15, 0.2) is 12.7 Å². The highest BCUT2D eigenvalue weighted by Gasteiger charge is 2.22. The van der Waals surface area contributed by atoms with Crippen molar-refractivity contribution in [2.75, 3.05) is 6.61 Å². The fourth-order valence-electron chi connectivity index (χ4n) is 2.76. The van der Waals surface area contributed by atoms with Gasteiger partial charge in [-0.15, -0.1) is 0 Å². The maximum atomic E-state index is 13.0. The van der Waals surface area contributed by atoms with Crippen molar-refractivity contribution in [1.29, 1.82) is 0 Å². The van der Waals surface area contributed by atoms with Crippen molar-refractivity contribution >= 4 is 27.8 Å². The molecule has 0 radical (unpaired) electrons. The summed E-state index contributed by atoms with van der Waals surface area (Å²) in [6, 6.07) is 4.04. The third kappa shape index (κ3) is 6.65. The van der Waals surface area contributed by atoms with Crippen molar-refractivity contribution in [3.63, 3.8) is 0 Å². The molecule has 1 saturated carbocycles. The second-order valence-electron chi connectivity index (χ2n) is 6.19. The average Bonchev–Trinajstić information content (AvgIpc) is 2.82. The lowest BCUT2D eigenvalue weighted by Gasteiger charge is -2.19. The molecule has 1 aliphatic carbocycles. The molecule has 0 unspecified atom stereocenters. The summed E-state index contributed by atoms with van der Waals surface area (Å²) in [7, 11) is 0. The van der Waals surface area contributed by atoms with Crippen LogP contribution in [-0.4, -0.2) is 30.6 Å². The van der Waals surface area contributed by atoms with Gasteiger partial charge in [0.1, 0.15) is 11.6 Å². The number of hydrogen-bond donors (Lipinski definition) is 1. The topological polar surface area (TPSA) is 64.6 Å². The number of carbonyl (C=O) groups excluding carboxylic acids is 2. The Morgan fingerprint density at radius 2 is 1.96 bits per heavy atom. The number of halogens is 2. The second-order valence-corrected chi connectivity index (χ2v) is 7.05. The van der Waals surface area contributed by atoms with Crippen molar-refractivity contribution < 1.29 is 23.5 Å². The number of benzene rings is 1. The fraction of sp³-hybridized carbons (Fsp3) is 0.556. The Kier molecular flexibility index (Phi) is 7.68. The first-order valence-corrected chi connectivity index (χ1v) is 9.32. The van der Waals surface area contributed by atoms with Gasteiger partial charge in [-0.1, -0.05) is 25.7 Å². The van der Waals surface area contributed by atoms with Gasteiger partial charge in [0.25, 0.3) is 5.91 Å². The van der Waals surface area contributed by atoms with E-state index in [0.717, 1.165) is 25.7 Å². The van der Waals surface area contributed by atoms with Crippen LogP contribution < -0.4 is 10.1 Å². The molecule has 7 heteroatoms. The molecule has 1 aromatic carbocycles. The van der Waals surface area contributed by atoms with E-state index in [-0.39, 0.29) is 18.6 Å². The molecule has 1 N–H and O–H groups in total. The Balaban J connectivity index is 1.75. The van der Waals surface area contributed by atoms with Crippen LogP contribution in [0.2, 0.25) is 0 Å². The van der Waals surface area contributed by atoms with Crippen LogP contribution >= 0.6 is 15.9 Å². The van der Waals surface area contributed by atoms with E-state index in [1.165, 1.54) is 38.0 Å². The molecular weight excluding hydrogens is 393 g/mol. The van der Waals surface area contributed by atoms with Crippen LogP contribution in [0.15, 0.2) is 22.7 Å². The second kappa shape index (κ2) is 9.75. The Morgan fingerprint density at radius 1 is 1.28 bits per heavy atom. The third-order valence-electron chi connectivity index (χ3n) is 4.12. The van der Waals surface area contributed by atoms with Gasteiger partial charge in [0.2, 0.25) is 0 Å². The molecule has 5 nitrogen and oxygen atoms in total. The molecule has 0 bridgehead atoms. The summed E-state index contributed by atoms with van der Waals surface area (Å²) < 4.78 is 23.8. The molecule has 1 aliphatic rings. The summed E-state index contributed by atoms with van der Waals surface area (Å²) in [6.07, 6.45) is 5.68. The first kappa shape index (κ1) is 19.7. The van der Waals surface area contributed by atoms with Gasteiger partial charge in [-0.3, -0.25) is 4.79 Å². The third-order valence-corrected chi connectivity index (χ3v) is 4.74. The van der Waals surface area contributed by atoms with E-state index in [4.69, 9.17) is 9.47 Å². The van der Waals surface area contributed by atoms with Crippen LogP contribution in [0, 0.1) is 5.82 Å². The molecule has 25 heavy (non-hydrogen) atoms. The van der Waals surface area contributed by atoms with E-state index in [9.17, 15) is 14.0 Å². The molecule has 0 spiro atoms. The zero-order valence-corrected chi connectivity index (χ0v) is 15.8. The Hall–Kier alpha value is -1.63. The van der Waals surface area contributed by atoms with E-state index in [0.29, 0.717) is 10.2 Å². The number of nitrogens with one attached hydrogen (secondary N) is 1. The van der Waals surface area contributed by atoms with Crippen molar-refractivity contribution in [2.24, 2.45) is 0 Å². The van der Waals surface area contributed by atoms with Crippen molar-refractivity contribution in [3.05, 3.63) is 28.5 Å². The molecule has 1 aromatic rings. The number of hydrogen-bond acceptors (Lipinski definition) is 4. The van der Waals surface area contributed by atoms with Gasteiger partial charge in [-0.25, -0.2) is 9.18 Å². The summed E-state index contributed by atoms with van der Waals surface area (Å²) in [5.41, 5.74) is 0. The summed E-state index contributed by atoms with van der Waals surface area (Å²) in [4.78, 5) is 24.0. The van der Waals surface area contributed by atoms with E-state index in [2.05, 4.69) is 21.2 Å². The first-order chi connectivity index (χ1) is 12.0. The Bertz CT molecular complexity index is 603. The molecule has 0 heterocycles. The van der Waals surface area contributed by atoms with Gasteiger partial charge in [0.05, 0.1) is 4.47 Å². The summed E-state index contributed by atoms with van der Waals surface area (Å²) in [6.45, 7) is 1.18. The highest BCUT2D eigenvalue weighted by atomic mass is 79.9. The maximum Gasteiger partial charge on any atom is 0.344 e. The van der Waals surface area contributed by atoms with Crippen LogP contribution in [0.4, 0.5) is 4.39 Å². The first-order valence-electron chi connectivity index (χ1n) is 8.53. The number of ether oxygens (including phenoxy) is 2. The predicted octanol–water partition coefficient (Wildman–Crippen LogP) is 3.74. The van der Waals surface area contributed by atoms with Gasteiger partial charge >= 0.3 is 5.97 Å². The monoisotopic (exact) mass is 415 g/mol. The lowest BCUT2D eigenvalue weighted by Crippen LogP contribution is -2.42. The Labute approximate surface area is 155 Å². The average molecular weight is 416 g/mol. The predicted molar refractivity (Wildman–Crippen MR) is 94.8 cm³/mol. The molecular formula is C18H23BrFNO4. The lowest BCUT2D eigenvalue weighted by atomic mass is 10.1. The van der Waals surface area contributed by atoms with Crippen LogP contribution in [0.5, 0.6) is 5.75 Å².